The summed E-state index contributed by atoms with van der Waals surface area (Å²) >= 11 is 1.44. The number of benzene rings is 1. The molecule has 0 aliphatic rings. The van der Waals surface area contributed by atoms with Gasteiger partial charge < -0.3 is 9.15 Å². The lowest BCUT2D eigenvalue weighted by atomic mass is 10.2. The van der Waals surface area contributed by atoms with Crippen LogP contribution in [0.2, 0.25) is 0 Å². The van der Waals surface area contributed by atoms with E-state index in [0.717, 1.165) is 10.6 Å². The van der Waals surface area contributed by atoms with E-state index in [9.17, 15) is 19.7 Å². The number of fused-ring (bicyclic) bond motifs is 1. The fraction of sp³-hybridized carbons (Fsp3) is 0.263. The number of carbonyl (C=O) groups excluding carboxylic acids is 1. The SMILES string of the molecule is Cn1cc(-c2nc(COC(=O)CCCn3c(=O)oc4cc([N+](=O)[O-])ccc43)cs2)cn1. The Morgan fingerprint density at radius 2 is 2.23 bits per heavy atom. The van der Waals surface area contributed by atoms with Crippen molar-refractivity contribution in [3.63, 3.8) is 0 Å². The summed E-state index contributed by atoms with van der Waals surface area (Å²) in [7, 11) is 1.82. The van der Waals surface area contributed by atoms with Crippen molar-refractivity contribution in [1.29, 1.82) is 0 Å². The molecule has 0 unspecified atom stereocenters. The normalized spacial score (nSPS) is 11.1. The number of carbonyl (C=O) groups is 1. The van der Waals surface area contributed by atoms with E-state index in [-0.39, 0.29) is 30.8 Å². The summed E-state index contributed by atoms with van der Waals surface area (Å²) in [4.78, 5) is 38.8. The number of aromatic nitrogens is 4. The summed E-state index contributed by atoms with van der Waals surface area (Å²) in [6.07, 6.45) is 4.02. The van der Waals surface area contributed by atoms with E-state index in [1.165, 1.54) is 34.1 Å². The van der Waals surface area contributed by atoms with Crippen molar-refractivity contribution in [2.45, 2.75) is 26.0 Å². The average Bonchev–Trinajstić information content (AvgIpc) is 3.45. The molecule has 12 heteroatoms. The van der Waals surface area contributed by atoms with E-state index in [0.29, 0.717) is 17.6 Å². The molecule has 0 fully saturated rings. The molecular formula is C19H17N5O6S. The average molecular weight is 443 g/mol. The maximum atomic E-state index is 12.0. The maximum absolute atomic E-state index is 12.0. The second-order valence-electron chi connectivity index (χ2n) is 6.74. The van der Waals surface area contributed by atoms with Crippen molar-refractivity contribution in [2.24, 2.45) is 7.05 Å². The molecule has 1 aromatic carbocycles. The highest BCUT2D eigenvalue weighted by atomic mass is 32.1. The Hall–Kier alpha value is -3.80. The fourth-order valence-corrected chi connectivity index (χ4v) is 3.81. The smallest absolute Gasteiger partial charge is 0.419 e. The third-order valence-corrected chi connectivity index (χ3v) is 5.45. The van der Waals surface area contributed by atoms with Gasteiger partial charge in [-0.25, -0.2) is 9.78 Å². The number of esters is 1. The van der Waals surface area contributed by atoms with Crippen molar-refractivity contribution >= 4 is 34.1 Å². The zero-order valence-corrected chi connectivity index (χ0v) is 17.2. The van der Waals surface area contributed by atoms with Crippen molar-refractivity contribution in [3.05, 3.63) is 62.3 Å². The fourth-order valence-electron chi connectivity index (χ4n) is 3.03. The number of oxazole rings is 1. The molecule has 0 aliphatic carbocycles. The van der Waals surface area contributed by atoms with Crippen LogP contribution < -0.4 is 5.76 Å². The van der Waals surface area contributed by atoms with Crippen molar-refractivity contribution in [1.82, 2.24) is 19.3 Å². The molecule has 0 saturated heterocycles. The minimum absolute atomic E-state index is 0.0633. The Labute approximate surface area is 178 Å². The number of nitrogens with zero attached hydrogens (tertiary/aromatic N) is 5. The van der Waals surface area contributed by atoms with Crippen LogP contribution in [-0.2, 0) is 29.7 Å². The minimum atomic E-state index is -0.630. The summed E-state index contributed by atoms with van der Waals surface area (Å²) in [5.41, 5.74) is 1.96. The molecule has 0 amide bonds. The van der Waals surface area contributed by atoms with Gasteiger partial charge in [0.1, 0.15) is 11.6 Å². The van der Waals surface area contributed by atoms with Crippen LogP contribution in [0.1, 0.15) is 18.5 Å². The lowest BCUT2D eigenvalue weighted by Crippen LogP contribution is -2.15. The number of nitro groups is 1. The summed E-state index contributed by atoms with van der Waals surface area (Å²) in [5.74, 6) is -1.04. The molecule has 0 aliphatic heterocycles. The molecule has 0 saturated carbocycles. The number of nitro benzene ring substituents is 1. The van der Waals surface area contributed by atoms with Gasteiger partial charge >= 0.3 is 11.7 Å². The Bertz CT molecular complexity index is 1320. The van der Waals surface area contributed by atoms with Crippen LogP contribution in [0.4, 0.5) is 5.69 Å². The molecule has 0 spiro atoms. The van der Waals surface area contributed by atoms with Gasteiger partial charge in [-0.3, -0.25) is 24.2 Å². The minimum Gasteiger partial charge on any atom is -0.459 e. The highest BCUT2D eigenvalue weighted by Gasteiger charge is 2.15. The molecule has 160 valence electrons. The van der Waals surface area contributed by atoms with E-state index in [4.69, 9.17) is 9.15 Å². The molecule has 3 aromatic heterocycles. The van der Waals surface area contributed by atoms with Crippen LogP contribution in [-0.4, -0.2) is 30.2 Å². The summed E-state index contributed by atoms with van der Waals surface area (Å²) < 4.78 is 13.4. The molecular weight excluding hydrogens is 426 g/mol. The predicted octanol–water partition coefficient (Wildman–Crippen LogP) is 2.88. The molecule has 3 heterocycles. The van der Waals surface area contributed by atoms with E-state index in [2.05, 4.69) is 10.1 Å². The van der Waals surface area contributed by atoms with Gasteiger partial charge in [-0.2, -0.15) is 5.10 Å². The number of hydrogen-bond acceptors (Lipinski definition) is 9. The van der Waals surface area contributed by atoms with Gasteiger partial charge in [0.25, 0.3) is 5.69 Å². The first-order valence-electron chi connectivity index (χ1n) is 9.27. The Morgan fingerprint density at radius 3 is 2.97 bits per heavy atom. The van der Waals surface area contributed by atoms with Gasteiger partial charge in [-0.05, 0) is 12.5 Å². The summed E-state index contributed by atoms with van der Waals surface area (Å²) in [6.45, 7) is 0.286. The van der Waals surface area contributed by atoms with Gasteiger partial charge in [0.15, 0.2) is 5.58 Å². The number of rotatable bonds is 8. The van der Waals surface area contributed by atoms with Gasteiger partial charge in [-0.15, -0.1) is 11.3 Å². The van der Waals surface area contributed by atoms with Crippen molar-refractivity contribution < 1.29 is 18.9 Å². The topological polar surface area (TPSA) is 135 Å². The van der Waals surface area contributed by atoms with Crippen LogP contribution in [0.15, 0.2) is 45.2 Å². The Balaban J connectivity index is 1.30. The van der Waals surface area contributed by atoms with Crippen LogP contribution >= 0.6 is 11.3 Å². The first-order valence-corrected chi connectivity index (χ1v) is 10.2. The highest BCUT2D eigenvalue weighted by Crippen LogP contribution is 2.23. The van der Waals surface area contributed by atoms with E-state index in [1.807, 2.05) is 18.6 Å². The molecule has 31 heavy (non-hydrogen) atoms. The second kappa shape index (κ2) is 8.52. The van der Waals surface area contributed by atoms with E-state index in [1.54, 1.807) is 10.9 Å². The third kappa shape index (κ3) is 4.53. The van der Waals surface area contributed by atoms with Gasteiger partial charge in [0, 0.05) is 43.2 Å². The molecule has 4 aromatic rings. The second-order valence-corrected chi connectivity index (χ2v) is 7.60. The van der Waals surface area contributed by atoms with Crippen LogP contribution in [0, 0.1) is 10.1 Å². The maximum Gasteiger partial charge on any atom is 0.419 e. The zero-order valence-electron chi connectivity index (χ0n) is 16.4. The summed E-state index contributed by atoms with van der Waals surface area (Å²) in [5, 5.41) is 17.6. The lowest BCUT2D eigenvalue weighted by molar-refractivity contribution is -0.384. The number of thiazole rings is 1. The molecule has 0 radical (unpaired) electrons. The first kappa shape index (κ1) is 20.5. The molecule has 0 N–H and O–H groups in total. The third-order valence-electron chi connectivity index (χ3n) is 4.51. The van der Waals surface area contributed by atoms with Gasteiger partial charge in [0.05, 0.1) is 28.4 Å². The van der Waals surface area contributed by atoms with Crippen LogP contribution in [0.5, 0.6) is 0 Å². The van der Waals surface area contributed by atoms with Gasteiger partial charge in [0.2, 0.25) is 0 Å². The quantitative estimate of drug-likeness (QED) is 0.230. The van der Waals surface area contributed by atoms with Crippen molar-refractivity contribution in [2.75, 3.05) is 0 Å². The predicted molar refractivity (Wildman–Crippen MR) is 110 cm³/mol. The summed E-state index contributed by atoms with van der Waals surface area (Å²) in [6, 6.07) is 3.96. The molecule has 11 nitrogen and oxygen atoms in total. The van der Waals surface area contributed by atoms with Crippen LogP contribution in [0.25, 0.3) is 21.7 Å². The molecule has 0 atom stereocenters. The molecule has 0 bridgehead atoms. The molecule has 4 rings (SSSR count). The van der Waals surface area contributed by atoms with Crippen LogP contribution in [0.3, 0.4) is 0 Å². The standard InChI is InChI=1S/C19H17N5O6S/c1-22-9-12(8-20-22)18-21-13(11-31-18)10-29-17(25)3-2-6-23-15-5-4-14(24(27)28)7-16(15)30-19(23)26/h4-5,7-9,11H,2-3,6,10H2,1H3. The Morgan fingerprint density at radius 1 is 1.39 bits per heavy atom. The monoisotopic (exact) mass is 443 g/mol. The van der Waals surface area contributed by atoms with Crippen molar-refractivity contribution in [3.8, 4) is 10.6 Å². The number of hydrogen-bond donors (Lipinski definition) is 0. The first-order chi connectivity index (χ1) is 14.9. The number of aryl methyl sites for hydroxylation is 2. The Kier molecular flexibility index (Phi) is 5.62. The number of ether oxygens (including phenoxy) is 1. The number of non-ortho nitro benzene ring substituents is 1. The largest absolute Gasteiger partial charge is 0.459 e. The van der Waals surface area contributed by atoms with Gasteiger partial charge in [-0.1, -0.05) is 0 Å². The zero-order chi connectivity index (χ0) is 22.0. The van der Waals surface area contributed by atoms with E-state index >= 15 is 0 Å². The highest BCUT2D eigenvalue weighted by molar-refractivity contribution is 7.13. The van der Waals surface area contributed by atoms with E-state index < -0.39 is 16.6 Å². The lowest BCUT2D eigenvalue weighted by Gasteiger charge is -2.04.